The summed E-state index contributed by atoms with van der Waals surface area (Å²) in [6.45, 7) is 4.65. The van der Waals surface area contributed by atoms with Crippen molar-refractivity contribution < 1.29 is 23.7 Å². The first-order valence-electron chi connectivity index (χ1n) is 10.5. The number of hydrogen-bond acceptors (Lipinski definition) is 8. The van der Waals surface area contributed by atoms with Gasteiger partial charge in [0.1, 0.15) is 11.3 Å². The third kappa shape index (κ3) is 4.43. The second kappa shape index (κ2) is 9.62. The van der Waals surface area contributed by atoms with Gasteiger partial charge >= 0.3 is 6.03 Å². The third-order valence-corrected chi connectivity index (χ3v) is 6.92. The fourth-order valence-corrected chi connectivity index (χ4v) is 4.96. The number of nitrogens with one attached hydrogen (secondary N) is 1. The number of urea groups is 1. The van der Waals surface area contributed by atoms with Crippen molar-refractivity contribution in [2.24, 2.45) is 0 Å². The molecule has 1 N–H and O–H groups in total. The summed E-state index contributed by atoms with van der Waals surface area (Å²) in [6, 6.07) is 7.26. The van der Waals surface area contributed by atoms with E-state index in [4.69, 9.17) is 23.9 Å². The van der Waals surface area contributed by atoms with Gasteiger partial charge in [0.2, 0.25) is 5.75 Å². The van der Waals surface area contributed by atoms with Gasteiger partial charge in [0.15, 0.2) is 16.6 Å². The van der Waals surface area contributed by atoms with Crippen molar-refractivity contribution in [2.45, 2.75) is 6.92 Å². The first-order chi connectivity index (χ1) is 16.0. The molecule has 2 heterocycles. The molecule has 1 saturated heterocycles. The van der Waals surface area contributed by atoms with Crippen LogP contribution in [-0.4, -0.2) is 70.5 Å². The quantitative estimate of drug-likeness (QED) is 0.581. The predicted octanol–water partition coefficient (Wildman–Crippen LogP) is 3.99. The van der Waals surface area contributed by atoms with Gasteiger partial charge < -0.3 is 34.1 Å². The number of hydrogen-bond donors (Lipinski definition) is 1. The second-order valence-electron chi connectivity index (χ2n) is 7.58. The number of nitrogens with zero attached hydrogens (tertiary/aromatic N) is 3. The van der Waals surface area contributed by atoms with E-state index in [0.717, 1.165) is 21.1 Å². The highest BCUT2D eigenvalue weighted by molar-refractivity contribution is 7.22. The minimum Gasteiger partial charge on any atom is -0.494 e. The Morgan fingerprint density at radius 1 is 0.939 bits per heavy atom. The number of anilines is 2. The maximum absolute atomic E-state index is 12.9. The normalized spacial score (nSPS) is 13.7. The molecule has 0 atom stereocenters. The van der Waals surface area contributed by atoms with Gasteiger partial charge in [-0.25, -0.2) is 9.78 Å². The molecule has 0 radical (unpaired) electrons. The Balaban J connectivity index is 1.44. The van der Waals surface area contributed by atoms with Crippen molar-refractivity contribution in [3.05, 3.63) is 29.8 Å². The van der Waals surface area contributed by atoms with Gasteiger partial charge in [0.05, 0.1) is 38.8 Å². The number of aryl methyl sites for hydroxylation is 1. The van der Waals surface area contributed by atoms with Crippen molar-refractivity contribution in [1.82, 2.24) is 9.88 Å². The SMILES string of the molecule is COc1cc(NC(=O)N2CCN(c3nc4c(OC)ccc(C)c4s3)CC2)cc(OC)c1OC. The number of amides is 2. The topological polar surface area (TPSA) is 85.4 Å². The summed E-state index contributed by atoms with van der Waals surface area (Å²) < 4.78 is 22.7. The molecule has 0 saturated carbocycles. The lowest BCUT2D eigenvalue weighted by atomic mass is 10.2. The zero-order valence-electron chi connectivity index (χ0n) is 19.4. The fourth-order valence-electron chi connectivity index (χ4n) is 3.86. The number of fused-ring (bicyclic) bond motifs is 1. The van der Waals surface area contributed by atoms with Gasteiger partial charge in [0.25, 0.3) is 0 Å². The Kier molecular flexibility index (Phi) is 6.64. The van der Waals surface area contributed by atoms with Crippen molar-refractivity contribution in [1.29, 1.82) is 0 Å². The zero-order chi connectivity index (χ0) is 23.5. The molecule has 9 nitrogen and oxygen atoms in total. The molecular formula is C23H28N4O5S. The van der Waals surface area contributed by atoms with Crippen LogP contribution in [0.5, 0.6) is 23.0 Å². The number of thiazole rings is 1. The summed E-state index contributed by atoms with van der Waals surface area (Å²) in [5, 5.41) is 3.88. The van der Waals surface area contributed by atoms with Crippen LogP contribution in [0.15, 0.2) is 24.3 Å². The lowest BCUT2D eigenvalue weighted by molar-refractivity contribution is 0.208. The largest absolute Gasteiger partial charge is 0.494 e. The number of aromatic nitrogens is 1. The molecule has 0 bridgehead atoms. The number of ether oxygens (including phenoxy) is 4. The van der Waals surface area contributed by atoms with Crippen LogP contribution in [0.4, 0.5) is 15.6 Å². The van der Waals surface area contributed by atoms with Crippen LogP contribution >= 0.6 is 11.3 Å². The smallest absolute Gasteiger partial charge is 0.321 e. The number of piperazine rings is 1. The van der Waals surface area contributed by atoms with E-state index < -0.39 is 0 Å². The molecule has 33 heavy (non-hydrogen) atoms. The lowest BCUT2D eigenvalue weighted by Gasteiger charge is -2.34. The zero-order valence-corrected chi connectivity index (χ0v) is 20.2. The van der Waals surface area contributed by atoms with E-state index >= 15 is 0 Å². The minimum absolute atomic E-state index is 0.175. The van der Waals surface area contributed by atoms with Gasteiger partial charge in [0, 0.05) is 38.3 Å². The molecule has 176 valence electrons. The van der Waals surface area contributed by atoms with E-state index in [9.17, 15) is 4.79 Å². The number of benzene rings is 2. The molecule has 0 spiro atoms. The Morgan fingerprint density at radius 2 is 1.58 bits per heavy atom. The second-order valence-corrected chi connectivity index (χ2v) is 8.55. The van der Waals surface area contributed by atoms with E-state index in [-0.39, 0.29) is 6.03 Å². The molecule has 4 rings (SSSR count). The van der Waals surface area contributed by atoms with E-state index in [0.29, 0.717) is 49.1 Å². The molecule has 2 aromatic carbocycles. The Labute approximate surface area is 196 Å². The highest BCUT2D eigenvalue weighted by atomic mass is 32.1. The van der Waals surface area contributed by atoms with Crippen LogP contribution in [0.2, 0.25) is 0 Å². The molecule has 1 aliphatic rings. The van der Waals surface area contributed by atoms with Crippen LogP contribution in [0.3, 0.4) is 0 Å². The molecule has 0 aliphatic carbocycles. The van der Waals surface area contributed by atoms with E-state index in [2.05, 4.69) is 23.2 Å². The van der Waals surface area contributed by atoms with Gasteiger partial charge in [-0.1, -0.05) is 17.4 Å². The third-order valence-electron chi connectivity index (χ3n) is 5.67. The van der Waals surface area contributed by atoms with Gasteiger partial charge in [-0.3, -0.25) is 0 Å². The summed E-state index contributed by atoms with van der Waals surface area (Å²) in [7, 11) is 6.29. The van der Waals surface area contributed by atoms with Crippen LogP contribution in [0, 0.1) is 6.92 Å². The number of carbonyl (C=O) groups excluding carboxylic acids is 1. The van der Waals surface area contributed by atoms with Crippen LogP contribution in [0.25, 0.3) is 10.2 Å². The Bertz CT molecular complexity index is 1130. The van der Waals surface area contributed by atoms with Gasteiger partial charge in [-0.2, -0.15) is 0 Å². The summed E-state index contributed by atoms with van der Waals surface area (Å²) in [5.74, 6) is 2.23. The molecule has 10 heteroatoms. The average molecular weight is 473 g/mol. The lowest BCUT2D eigenvalue weighted by Crippen LogP contribution is -2.50. The highest BCUT2D eigenvalue weighted by Crippen LogP contribution is 2.40. The van der Waals surface area contributed by atoms with Gasteiger partial charge in [-0.15, -0.1) is 0 Å². The monoisotopic (exact) mass is 472 g/mol. The van der Waals surface area contributed by atoms with Crippen LogP contribution in [-0.2, 0) is 0 Å². The number of methoxy groups -OCH3 is 4. The summed E-state index contributed by atoms with van der Waals surface area (Å²) in [4.78, 5) is 21.7. The molecular weight excluding hydrogens is 444 g/mol. The summed E-state index contributed by atoms with van der Waals surface area (Å²) >= 11 is 1.66. The predicted molar refractivity (Wildman–Crippen MR) is 130 cm³/mol. The van der Waals surface area contributed by atoms with Crippen LogP contribution in [0.1, 0.15) is 5.56 Å². The highest BCUT2D eigenvalue weighted by Gasteiger charge is 2.25. The van der Waals surface area contributed by atoms with Crippen molar-refractivity contribution in [3.63, 3.8) is 0 Å². The maximum Gasteiger partial charge on any atom is 0.321 e. The van der Waals surface area contributed by atoms with Crippen LogP contribution < -0.4 is 29.2 Å². The molecule has 1 aromatic heterocycles. The number of rotatable bonds is 6. The summed E-state index contributed by atoms with van der Waals surface area (Å²) in [5.41, 5.74) is 2.64. The Hall–Kier alpha value is -3.40. The average Bonchev–Trinajstić information content (AvgIpc) is 3.30. The van der Waals surface area contributed by atoms with E-state index in [1.165, 1.54) is 5.56 Å². The van der Waals surface area contributed by atoms with Crippen molar-refractivity contribution >= 4 is 38.4 Å². The maximum atomic E-state index is 12.9. The molecule has 1 aliphatic heterocycles. The molecule has 0 unspecified atom stereocenters. The minimum atomic E-state index is -0.175. The van der Waals surface area contributed by atoms with E-state index in [1.54, 1.807) is 56.8 Å². The summed E-state index contributed by atoms with van der Waals surface area (Å²) in [6.07, 6.45) is 0. The van der Waals surface area contributed by atoms with Gasteiger partial charge in [-0.05, 0) is 18.6 Å². The van der Waals surface area contributed by atoms with Crippen molar-refractivity contribution in [2.75, 3.05) is 64.8 Å². The molecule has 3 aromatic rings. The Morgan fingerprint density at radius 3 is 2.15 bits per heavy atom. The molecule has 2 amide bonds. The van der Waals surface area contributed by atoms with E-state index in [1.807, 2.05) is 6.07 Å². The number of carbonyl (C=O) groups is 1. The van der Waals surface area contributed by atoms with Crippen molar-refractivity contribution in [3.8, 4) is 23.0 Å². The standard InChI is InChI=1S/C23H28N4O5S/c1-14-6-7-16(29-2)19-21(14)33-23(25-19)27-10-8-26(9-11-27)22(28)24-15-12-17(30-3)20(32-5)18(13-15)31-4/h6-7,12-13H,8-11H2,1-5H3,(H,24,28). The fraction of sp³-hybridized carbons (Fsp3) is 0.391. The molecule has 1 fully saturated rings. The first-order valence-corrected chi connectivity index (χ1v) is 11.4. The first kappa shape index (κ1) is 22.8.